The lowest BCUT2D eigenvalue weighted by molar-refractivity contribution is -0.226. The summed E-state index contributed by atoms with van der Waals surface area (Å²) in [7, 11) is 4.89. The Kier molecular flexibility index (Phi) is 4.62. The van der Waals surface area contributed by atoms with Crippen molar-refractivity contribution in [1.82, 2.24) is 4.90 Å². The highest BCUT2D eigenvalue weighted by Gasteiger charge is 2.36. The van der Waals surface area contributed by atoms with Crippen LogP contribution in [0.25, 0.3) is 0 Å². The Bertz CT molecular complexity index is 443. The van der Waals surface area contributed by atoms with E-state index in [9.17, 15) is 4.79 Å². The SMILES string of the molecule is COc1ccc(C(=O)N2CCC(OC)(OC)CC2)cc1. The van der Waals surface area contributed by atoms with Gasteiger partial charge in [-0.15, -0.1) is 0 Å². The first-order chi connectivity index (χ1) is 9.64. The second-order valence-corrected chi connectivity index (χ2v) is 4.84. The number of benzene rings is 1. The molecule has 1 saturated heterocycles. The van der Waals surface area contributed by atoms with Crippen molar-refractivity contribution >= 4 is 5.91 Å². The van der Waals surface area contributed by atoms with Crippen molar-refractivity contribution in [3.63, 3.8) is 0 Å². The van der Waals surface area contributed by atoms with E-state index in [1.165, 1.54) is 0 Å². The number of rotatable bonds is 4. The summed E-state index contributed by atoms with van der Waals surface area (Å²) in [6.07, 6.45) is 1.36. The number of ether oxygens (including phenoxy) is 3. The molecular weight excluding hydrogens is 258 g/mol. The molecule has 1 heterocycles. The first kappa shape index (κ1) is 14.8. The van der Waals surface area contributed by atoms with Gasteiger partial charge in [-0.3, -0.25) is 4.79 Å². The van der Waals surface area contributed by atoms with E-state index >= 15 is 0 Å². The van der Waals surface area contributed by atoms with Gasteiger partial charge in [-0.2, -0.15) is 0 Å². The van der Waals surface area contributed by atoms with Crippen molar-refractivity contribution in [3.8, 4) is 5.75 Å². The van der Waals surface area contributed by atoms with Gasteiger partial charge in [0.15, 0.2) is 5.79 Å². The van der Waals surface area contributed by atoms with Crippen molar-refractivity contribution in [1.29, 1.82) is 0 Å². The number of hydrogen-bond acceptors (Lipinski definition) is 4. The maximum absolute atomic E-state index is 12.4. The molecule has 0 spiro atoms. The average molecular weight is 279 g/mol. The number of methoxy groups -OCH3 is 3. The van der Waals surface area contributed by atoms with E-state index in [1.807, 2.05) is 4.90 Å². The standard InChI is InChI=1S/C15H21NO4/c1-18-13-6-4-12(5-7-13)14(17)16-10-8-15(19-2,20-3)9-11-16/h4-7H,8-11H2,1-3H3. The van der Waals surface area contributed by atoms with Crippen molar-refractivity contribution in [3.05, 3.63) is 29.8 Å². The minimum absolute atomic E-state index is 0.0356. The summed E-state index contributed by atoms with van der Waals surface area (Å²) in [5.41, 5.74) is 0.674. The smallest absolute Gasteiger partial charge is 0.253 e. The Morgan fingerprint density at radius 3 is 2.05 bits per heavy atom. The fourth-order valence-corrected chi connectivity index (χ4v) is 2.46. The van der Waals surface area contributed by atoms with Gasteiger partial charge in [0.1, 0.15) is 5.75 Å². The molecule has 5 heteroatoms. The number of piperidine rings is 1. The molecule has 0 saturated carbocycles. The molecule has 0 aliphatic carbocycles. The van der Waals surface area contributed by atoms with Gasteiger partial charge < -0.3 is 19.1 Å². The molecule has 1 aliphatic rings. The normalized spacial score (nSPS) is 17.9. The van der Waals surface area contributed by atoms with E-state index < -0.39 is 5.79 Å². The molecule has 20 heavy (non-hydrogen) atoms. The van der Waals surface area contributed by atoms with E-state index in [-0.39, 0.29) is 5.91 Å². The summed E-state index contributed by atoms with van der Waals surface area (Å²) >= 11 is 0. The van der Waals surface area contributed by atoms with Gasteiger partial charge in [-0.05, 0) is 24.3 Å². The van der Waals surface area contributed by atoms with Crippen LogP contribution in [-0.2, 0) is 9.47 Å². The number of hydrogen-bond donors (Lipinski definition) is 0. The lowest BCUT2D eigenvalue weighted by Gasteiger charge is -2.39. The highest BCUT2D eigenvalue weighted by atomic mass is 16.7. The highest BCUT2D eigenvalue weighted by Crippen LogP contribution is 2.27. The summed E-state index contributed by atoms with van der Waals surface area (Å²) in [6.45, 7) is 1.26. The third kappa shape index (κ3) is 2.94. The third-order valence-corrected chi connectivity index (χ3v) is 3.89. The predicted octanol–water partition coefficient (Wildman–Crippen LogP) is 1.92. The molecule has 0 N–H and O–H groups in total. The maximum Gasteiger partial charge on any atom is 0.253 e. The van der Waals surface area contributed by atoms with Crippen molar-refractivity contribution < 1.29 is 19.0 Å². The fourth-order valence-electron chi connectivity index (χ4n) is 2.46. The number of amides is 1. The van der Waals surface area contributed by atoms with Crippen molar-refractivity contribution in [2.24, 2.45) is 0 Å². The van der Waals surface area contributed by atoms with E-state index in [1.54, 1.807) is 45.6 Å². The molecule has 5 nitrogen and oxygen atoms in total. The summed E-state index contributed by atoms with van der Waals surface area (Å²) in [5, 5.41) is 0. The molecule has 0 radical (unpaired) electrons. The van der Waals surface area contributed by atoms with Gasteiger partial charge in [-0.25, -0.2) is 0 Å². The van der Waals surface area contributed by atoms with Gasteiger partial charge in [-0.1, -0.05) is 0 Å². The lowest BCUT2D eigenvalue weighted by Crippen LogP contribution is -2.48. The summed E-state index contributed by atoms with van der Waals surface area (Å²) in [6, 6.07) is 7.17. The van der Waals surface area contributed by atoms with E-state index in [0.717, 1.165) is 5.75 Å². The van der Waals surface area contributed by atoms with Crippen LogP contribution in [-0.4, -0.2) is 51.0 Å². The predicted molar refractivity (Wildman–Crippen MR) is 74.9 cm³/mol. The summed E-state index contributed by atoms with van der Waals surface area (Å²) < 4.78 is 15.9. The van der Waals surface area contributed by atoms with E-state index in [4.69, 9.17) is 14.2 Å². The van der Waals surface area contributed by atoms with Gasteiger partial charge in [0.05, 0.1) is 7.11 Å². The number of carbonyl (C=O) groups excluding carboxylic acids is 1. The Hall–Kier alpha value is -1.59. The van der Waals surface area contributed by atoms with Crippen LogP contribution < -0.4 is 4.74 Å². The molecular formula is C15H21NO4. The molecule has 1 aromatic carbocycles. The third-order valence-electron chi connectivity index (χ3n) is 3.89. The zero-order valence-electron chi connectivity index (χ0n) is 12.2. The molecule has 1 aliphatic heterocycles. The first-order valence-corrected chi connectivity index (χ1v) is 6.68. The second kappa shape index (κ2) is 6.24. The average Bonchev–Trinajstić information content (AvgIpc) is 2.54. The quantitative estimate of drug-likeness (QED) is 0.790. The van der Waals surface area contributed by atoms with Crippen LogP contribution >= 0.6 is 0 Å². The monoisotopic (exact) mass is 279 g/mol. The van der Waals surface area contributed by atoms with Crippen LogP contribution in [0.5, 0.6) is 5.75 Å². The molecule has 0 bridgehead atoms. The Labute approximate surface area is 119 Å². The molecule has 0 atom stereocenters. The van der Waals surface area contributed by atoms with E-state index in [2.05, 4.69) is 0 Å². The van der Waals surface area contributed by atoms with Crippen LogP contribution in [0.2, 0.25) is 0 Å². The van der Waals surface area contributed by atoms with Gasteiger partial charge >= 0.3 is 0 Å². The van der Waals surface area contributed by atoms with Crippen molar-refractivity contribution in [2.75, 3.05) is 34.4 Å². The molecule has 0 aromatic heterocycles. The zero-order chi connectivity index (χ0) is 14.6. The Morgan fingerprint density at radius 2 is 1.60 bits per heavy atom. The van der Waals surface area contributed by atoms with Crippen molar-refractivity contribution in [2.45, 2.75) is 18.6 Å². The second-order valence-electron chi connectivity index (χ2n) is 4.84. The number of nitrogens with zero attached hydrogens (tertiary/aromatic N) is 1. The lowest BCUT2D eigenvalue weighted by atomic mass is 10.0. The number of likely N-dealkylation sites (tertiary alicyclic amines) is 1. The van der Waals surface area contributed by atoms with Gasteiger partial charge in [0, 0.05) is 45.7 Å². The van der Waals surface area contributed by atoms with Gasteiger partial charge in [0.25, 0.3) is 5.91 Å². The molecule has 0 unspecified atom stereocenters. The summed E-state index contributed by atoms with van der Waals surface area (Å²) in [4.78, 5) is 14.2. The molecule has 1 amide bonds. The maximum atomic E-state index is 12.4. The van der Waals surface area contributed by atoms with Crippen LogP contribution in [0.4, 0.5) is 0 Å². The molecule has 1 aromatic rings. The fraction of sp³-hybridized carbons (Fsp3) is 0.533. The molecule has 1 fully saturated rings. The minimum atomic E-state index is -0.545. The number of carbonyl (C=O) groups is 1. The zero-order valence-corrected chi connectivity index (χ0v) is 12.2. The molecule has 2 rings (SSSR count). The largest absolute Gasteiger partial charge is 0.497 e. The Balaban J connectivity index is 2.00. The van der Waals surface area contributed by atoms with Crippen LogP contribution in [0, 0.1) is 0 Å². The van der Waals surface area contributed by atoms with Crippen LogP contribution in [0.15, 0.2) is 24.3 Å². The van der Waals surface area contributed by atoms with Gasteiger partial charge in [0.2, 0.25) is 0 Å². The molecule has 110 valence electrons. The minimum Gasteiger partial charge on any atom is -0.497 e. The highest BCUT2D eigenvalue weighted by molar-refractivity contribution is 5.94. The van der Waals surface area contributed by atoms with E-state index in [0.29, 0.717) is 31.5 Å². The van der Waals surface area contributed by atoms with Crippen LogP contribution in [0.3, 0.4) is 0 Å². The Morgan fingerprint density at radius 1 is 1.05 bits per heavy atom. The first-order valence-electron chi connectivity index (χ1n) is 6.68. The summed E-state index contributed by atoms with van der Waals surface area (Å²) in [5.74, 6) is 0.239. The topological polar surface area (TPSA) is 48.0 Å². The van der Waals surface area contributed by atoms with Crippen LogP contribution in [0.1, 0.15) is 23.2 Å².